The lowest BCUT2D eigenvalue weighted by atomic mass is 9.91. The van der Waals surface area contributed by atoms with Crippen LogP contribution in [0.3, 0.4) is 0 Å². The average Bonchev–Trinajstić information content (AvgIpc) is 3.18. The van der Waals surface area contributed by atoms with Crippen molar-refractivity contribution in [1.82, 2.24) is 0 Å². The van der Waals surface area contributed by atoms with Crippen LogP contribution in [0.15, 0.2) is 68.1 Å². The molecular weight excluding hydrogens is 1200 g/mol. The Morgan fingerprint density at radius 2 is 0.446 bits per heavy atom. The topological polar surface area (TPSA) is 652 Å². The molecule has 5 rings (SSSR count). The van der Waals surface area contributed by atoms with Crippen LogP contribution in [-0.4, -0.2) is 118 Å². The number of hydrogen-bond acceptors (Lipinski definition) is 16. The fourth-order valence-electron chi connectivity index (χ4n) is 5.39. The van der Waals surface area contributed by atoms with Gasteiger partial charge in [-0.2, -0.15) is 0 Å². The molecule has 0 saturated carbocycles. The van der Waals surface area contributed by atoms with E-state index in [-0.39, 0.29) is 45.3 Å². The minimum atomic E-state index is -5.29. The van der Waals surface area contributed by atoms with Gasteiger partial charge in [-0.15, -0.1) is 69.6 Å². The molecular formula is C35H52Cl6N12O17S4. The van der Waals surface area contributed by atoms with Crippen molar-refractivity contribution >= 4 is 134 Å². The van der Waals surface area contributed by atoms with Crippen molar-refractivity contribution < 1.29 is 99.4 Å². The highest BCUT2D eigenvalue weighted by molar-refractivity contribution is 7.86. The van der Waals surface area contributed by atoms with Crippen LogP contribution < -0.4 is 67.5 Å². The zero-order chi connectivity index (χ0) is 58.2. The Labute approximate surface area is 453 Å². The Bertz CT molecular complexity index is 2530. The number of hydrogen-bond donors (Lipinski definition) is 16. The van der Waals surface area contributed by atoms with Gasteiger partial charge < -0.3 is 44.1 Å². The van der Waals surface area contributed by atoms with Crippen molar-refractivity contribution in [1.29, 1.82) is 0 Å². The first-order valence-electron chi connectivity index (χ1n) is 18.2. The zero-order valence-corrected chi connectivity index (χ0v) is 45.4. The van der Waals surface area contributed by atoms with Gasteiger partial charge in [0.15, 0.2) is 0 Å². The van der Waals surface area contributed by atoms with E-state index in [1.54, 1.807) is 0 Å². The van der Waals surface area contributed by atoms with Crippen LogP contribution in [0.4, 0.5) is 0 Å². The lowest BCUT2D eigenvalue weighted by Crippen LogP contribution is -2.51. The molecule has 1 aliphatic rings. The zero-order valence-electron chi connectivity index (χ0n) is 37.6. The molecule has 4 aromatic rings. The third-order valence-electron chi connectivity index (χ3n) is 7.64. The van der Waals surface area contributed by atoms with Crippen LogP contribution in [0.1, 0.15) is 44.5 Å². The summed E-state index contributed by atoms with van der Waals surface area (Å²) in [5.41, 5.74) is 33.2. The average molecular weight is 1250 g/mol. The molecule has 0 atom stereocenters. The van der Waals surface area contributed by atoms with Gasteiger partial charge in [0.2, 0.25) is 0 Å². The second-order valence-electron chi connectivity index (χ2n) is 13.2. The van der Waals surface area contributed by atoms with E-state index in [9.17, 15) is 72.3 Å². The quantitative estimate of drug-likeness (QED) is 0.0344. The van der Waals surface area contributed by atoms with Gasteiger partial charge in [0, 0.05) is 25.7 Å². The number of guanidine groups is 4. The molecule has 1 aliphatic carbocycles. The fraction of sp³-hybridized carbons (Fsp3) is 0.200. The highest BCUT2D eigenvalue weighted by Crippen LogP contribution is 2.40. The second-order valence-corrected chi connectivity index (χ2v) is 21.1. The van der Waals surface area contributed by atoms with Gasteiger partial charge in [0.1, 0.15) is 63.5 Å². The van der Waals surface area contributed by atoms with Gasteiger partial charge in [-0.25, -0.2) is 33.7 Å². The minimum Gasteiger partial charge on any atom is -0.744 e. The normalized spacial score (nSPS) is 11.2. The maximum atomic E-state index is 12.1. The van der Waals surface area contributed by atoms with Crippen LogP contribution in [0.25, 0.3) is 0 Å². The molecule has 4 aromatic carbocycles. The molecule has 8 bridgehead atoms. The summed E-state index contributed by atoms with van der Waals surface area (Å²) in [7, 11) is -21.1. The number of halogens is 6. The summed E-state index contributed by atoms with van der Waals surface area (Å²) in [6.07, 6.45) is -3.04. The highest BCUT2D eigenvalue weighted by atomic mass is 35.5. The monoisotopic (exact) mass is 1250 g/mol. The van der Waals surface area contributed by atoms with Crippen molar-refractivity contribution in [3.8, 4) is 23.0 Å². The Hall–Kier alpha value is -5.50. The second kappa shape index (κ2) is 34.1. The van der Waals surface area contributed by atoms with Crippen LogP contribution in [0.2, 0.25) is 0 Å². The summed E-state index contributed by atoms with van der Waals surface area (Å²) in [6, 6.07) is 5.49. The Kier molecular flexibility index (Phi) is 34.6. The van der Waals surface area contributed by atoms with Crippen molar-refractivity contribution in [2.24, 2.45) is 45.9 Å². The first kappa shape index (κ1) is 75.0. The molecule has 0 aliphatic heterocycles. The van der Waals surface area contributed by atoms with Gasteiger partial charge >= 0.3 is 23.8 Å². The molecule has 0 unspecified atom stereocenters. The molecule has 30 N–H and O–H groups in total. The van der Waals surface area contributed by atoms with Crippen molar-refractivity contribution in [2.45, 2.75) is 45.3 Å². The molecule has 0 spiro atoms. The molecule has 0 aromatic heterocycles. The summed E-state index contributed by atoms with van der Waals surface area (Å²) in [4.78, 5) is -3.79. The molecule has 0 saturated heterocycles. The van der Waals surface area contributed by atoms with E-state index in [4.69, 9.17) is 69.6 Å². The van der Waals surface area contributed by atoms with Gasteiger partial charge in [0.05, 0.1) is 35.6 Å². The summed E-state index contributed by atoms with van der Waals surface area (Å²) >= 11 is 28.6. The molecule has 0 heterocycles. The number of fused-ring (bicyclic) bond motifs is 8. The molecule has 39 heteroatoms. The van der Waals surface area contributed by atoms with E-state index >= 15 is 0 Å². The van der Waals surface area contributed by atoms with E-state index < -0.39 is 153 Å². The van der Waals surface area contributed by atoms with Crippen molar-refractivity contribution in [3.05, 3.63) is 93.0 Å². The highest BCUT2D eigenvalue weighted by Gasteiger charge is 2.24. The third kappa shape index (κ3) is 29.4. The molecule has 0 radical (unpaired) electrons. The summed E-state index contributed by atoms with van der Waals surface area (Å²) in [5.74, 6) is -3.41. The van der Waals surface area contributed by atoms with E-state index in [1.807, 2.05) is 0 Å². The van der Waals surface area contributed by atoms with Gasteiger partial charge in [0.25, 0.3) is 0 Å². The number of benzene rings is 4. The van der Waals surface area contributed by atoms with E-state index in [0.29, 0.717) is 48.5 Å². The maximum Gasteiger partial charge on any atom is 0.336 e. The Morgan fingerprint density at radius 1 is 0.365 bits per heavy atom. The summed E-state index contributed by atoms with van der Waals surface area (Å²) < 4.78 is 145. The van der Waals surface area contributed by atoms with Crippen molar-refractivity contribution in [3.63, 3.8) is 0 Å². The lowest BCUT2D eigenvalue weighted by molar-refractivity contribution is -0.117. The standard InChI is InChI=1S/C28H24O16S4.3CH2Cl2.4CH5N3.H2O/c29-25-13-1-14-6-22(46(36,37)38)8-16(26(14)30)3-18-10-24(48(42,43)44)12-20(28(18)32)4-19-11-23(47(39,40)41)9-17(27(19)31)2-15(25)7-21(5-13)45(33,34)35;3*2-1-3;4*2-1(3)4;/h5-12,29-32H,1-4H2,(H,33,34,35)(H,36,37,38)(H,39,40,41)(H,42,43,44);3*1H2;4*(H5,2,3,4);1H2. The van der Waals surface area contributed by atoms with E-state index in [1.165, 1.54) is 0 Å². The van der Waals surface area contributed by atoms with Crippen LogP contribution in [0.5, 0.6) is 23.0 Å². The molecule has 0 amide bonds. The van der Waals surface area contributed by atoms with Crippen LogP contribution >= 0.6 is 69.6 Å². The smallest absolute Gasteiger partial charge is 0.336 e. The first-order chi connectivity index (χ1) is 33.1. The predicted octanol–water partition coefficient (Wildman–Crippen LogP) is -7.68. The van der Waals surface area contributed by atoms with Crippen molar-refractivity contribution in [2.75, 3.05) is 16.0 Å². The number of phenols is 4. The molecule has 420 valence electrons. The SMILES string of the molecule is ClCCl.ClCCl.ClCCl.NC(N)=[NH2+].NC(N)=[NH2+].NC(N)=[NH2+].NC(N)=[NH2+].O.O=S(=O)([O-])c1cc2c(O)c(c1)Cc1cc(S(=O)(=O)[O-])cc(c1O)Cc1cc(S(=O)(=O)[O-])cc(c1O)Cc1cc(S(=O)(=O)[O-])cc(c1O)C2. The Morgan fingerprint density at radius 3 is 0.514 bits per heavy atom. The molecule has 0 fully saturated rings. The van der Waals surface area contributed by atoms with E-state index in [2.05, 4.69) is 67.5 Å². The molecule has 29 nitrogen and oxygen atoms in total. The van der Waals surface area contributed by atoms with Gasteiger partial charge in [-0.3, -0.25) is 67.5 Å². The summed E-state index contributed by atoms with van der Waals surface area (Å²) in [5, 5.41) is 63.6. The Balaban J connectivity index is -0.000000790. The minimum absolute atomic E-state index is 0. The number of nitrogens with two attached hydrogens (primary N) is 12. The number of aromatic hydroxyl groups is 4. The number of phenolic OH excluding ortho intramolecular Hbond substituents is 4. The predicted molar refractivity (Wildman–Crippen MR) is 270 cm³/mol. The fourth-order valence-corrected chi connectivity index (χ4v) is 7.68. The maximum absolute atomic E-state index is 12.1. The summed E-state index contributed by atoms with van der Waals surface area (Å²) in [6.45, 7) is 0. The van der Waals surface area contributed by atoms with Gasteiger partial charge in [-0.1, -0.05) is 0 Å². The largest absolute Gasteiger partial charge is 0.744 e. The van der Waals surface area contributed by atoms with Crippen LogP contribution in [0, 0.1) is 0 Å². The lowest BCUT2D eigenvalue weighted by Gasteiger charge is -2.21. The molecule has 74 heavy (non-hydrogen) atoms. The van der Waals surface area contributed by atoms with E-state index in [0.717, 1.165) is 0 Å². The van der Waals surface area contributed by atoms with Gasteiger partial charge in [-0.05, 0) is 93.0 Å². The van der Waals surface area contributed by atoms with Crippen LogP contribution in [-0.2, 0) is 66.2 Å². The third-order valence-corrected chi connectivity index (χ3v) is 10.9. The number of alkyl halides is 6. The number of rotatable bonds is 4. The first-order valence-corrected chi connectivity index (χ1v) is 27.1.